The summed E-state index contributed by atoms with van der Waals surface area (Å²) in [7, 11) is 0. The summed E-state index contributed by atoms with van der Waals surface area (Å²) in [5.74, 6) is -0.592. The van der Waals surface area contributed by atoms with Crippen LogP contribution < -0.4 is 10.6 Å². The summed E-state index contributed by atoms with van der Waals surface area (Å²) in [5.41, 5.74) is 0.463. The third-order valence-electron chi connectivity index (χ3n) is 2.61. The molecule has 0 aliphatic carbocycles. The number of hydrogen-bond donors (Lipinski definition) is 2. The maximum Gasteiger partial charge on any atom is 0.270 e. The van der Waals surface area contributed by atoms with E-state index in [0.29, 0.717) is 6.54 Å². The van der Waals surface area contributed by atoms with Gasteiger partial charge in [-0.2, -0.15) is 0 Å². The molecule has 2 amide bonds. The highest BCUT2D eigenvalue weighted by molar-refractivity contribution is 5.96. The highest BCUT2D eigenvalue weighted by atomic mass is 16.2. The van der Waals surface area contributed by atoms with E-state index in [9.17, 15) is 9.59 Å². The SMILES string of the molecule is C=CCNC(=O)c1cccc(C(=O)NC(C)CC)n1. The quantitative estimate of drug-likeness (QED) is 0.763. The first-order chi connectivity index (χ1) is 9.08. The van der Waals surface area contributed by atoms with Crippen molar-refractivity contribution in [3.63, 3.8) is 0 Å². The molecular weight excluding hydrogens is 242 g/mol. The highest BCUT2D eigenvalue weighted by Gasteiger charge is 2.13. The largest absolute Gasteiger partial charge is 0.348 e. The van der Waals surface area contributed by atoms with Crippen molar-refractivity contribution >= 4 is 11.8 Å². The maximum atomic E-state index is 11.9. The summed E-state index contributed by atoms with van der Waals surface area (Å²) < 4.78 is 0. The Kier molecular flexibility index (Phi) is 5.73. The minimum atomic E-state index is -0.321. The van der Waals surface area contributed by atoms with Gasteiger partial charge in [-0.15, -0.1) is 6.58 Å². The molecule has 5 nitrogen and oxygen atoms in total. The van der Waals surface area contributed by atoms with E-state index in [1.54, 1.807) is 24.3 Å². The highest BCUT2D eigenvalue weighted by Crippen LogP contribution is 2.01. The van der Waals surface area contributed by atoms with Crippen LogP contribution in [0, 0.1) is 0 Å². The average molecular weight is 261 g/mol. The first kappa shape index (κ1) is 14.9. The van der Waals surface area contributed by atoms with E-state index in [1.165, 1.54) is 0 Å². The average Bonchev–Trinajstić information content (AvgIpc) is 2.44. The third kappa shape index (κ3) is 4.54. The zero-order chi connectivity index (χ0) is 14.3. The number of amides is 2. The fourth-order valence-electron chi connectivity index (χ4n) is 1.34. The number of nitrogens with zero attached hydrogens (tertiary/aromatic N) is 1. The number of rotatable bonds is 6. The van der Waals surface area contributed by atoms with Gasteiger partial charge in [0.25, 0.3) is 11.8 Å². The van der Waals surface area contributed by atoms with Gasteiger partial charge in [-0.05, 0) is 25.5 Å². The van der Waals surface area contributed by atoms with E-state index < -0.39 is 0 Å². The molecule has 0 aliphatic heterocycles. The molecule has 0 radical (unpaired) electrons. The van der Waals surface area contributed by atoms with E-state index in [2.05, 4.69) is 22.2 Å². The van der Waals surface area contributed by atoms with Gasteiger partial charge in [0.1, 0.15) is 11.4 Å². The summed E-state index contributed by atoms with van der Waals surface area (Å²) in [4.78, 5) is 27.6. The van der Waals surface area contributed by atoms with Crippen molar-refractivity contribution < 1.29 is 9.59 Å². The van der Waals surface area contributed by atoms with Gasteiger partial charge in [-0.1, -0.05) is 19.1 Å². The zero-order valence-corrected chi connectivity index (χ0v) is 11.3. The minimum Gasteiger partial charge on any atom is -0.348 e. The molecule has 0 saturated carbocycles. The molecular formula is C14H19N3O2. The Morgan fingerprint density at radius 2 is 2.00 bits per heavy atom. The van der Waals surface area contributed by atoms with E-state index in [4.69, 9.17) is 0 Å². The lowest BCUT2D eigenvalue weighted by atomic mass is 10.2. The molecule has 102 valence electrons. The van der Waals surface area contributed by atoms with Crippen LogP contribution in [0.4, 0.5) is 0 Å². The molecule has 1 heterocycles. The molecule has 1 unspecified atom stereocenters. The van der Waals surface area contributed by atoms with Crippen LogP contribution in [0.1, 0.15) is 41.2 Å². The smallest absolute Gasteiger partial charge is 0.270 e. The number of pyridine rings is 1. The lowest BCUT2D eigenvalue weighted by Crippen LogP contribution is -2.33. The Morgan fingerprint density at radius 1 is 1.37 bits per heavy atom. The first-order valence-electron chi connectivity index (χ1n) is 6.25. The molecule has 0 aromatic carbocycles. The van der Waals surface area contributed by atoms with E-state index in [0.717, 1.165) is 6.42 Å². The van der Waals surface area contributed by atoms with Crippen LogP contribution in [0.3, 0.4) is 0 Å². The topological polar surface area (TPSA) is 71.1 Å². The molecule has 0 aliphatic rings. The van der Waals surface area contributed by atoms with Crippen LogP contribution in [0.25, 0.3) is 0 Å². The van der Waals surface area contributed by atoms with Gasteiger partial charge < -0.3 is 10.6 Å². The molecule has 0 saturated heterocycles. The summed E-state index contributed by atoms with van der Waals surface area (Å²) in [5, 5.41) is 5.42. The molecule has 1 atom stereocenters. The second kappa shape index (κ2) is 7.31. The maximum absolute atomic E-state index is 11.9. The van der Waals surface area contributed by atoms with Gasteiger partial charge in [-0.25, -0.2) is 4.98 Å². The van der Waals surface area contributed by atoms with Crippen molar-refractivity contribution in [1.82, 2.24) is 15.6 Å². The second-order valence-corrected chi connectivity index (χ2v) is 4.19. The second-order valence-electron chi connectivity index (χ2n) is 4.19. The fraction of sp³-hybridized carbons (Fsp3) is 0.357. The Bertz CT molecular complexity index is 472. The van der Waals surface area contributed by atoms with E-state index in [1.807, 2.05) is 13.8 Å². The van der Waals surface area contributed by atoms with Gasteiger partial charge >= 0.3 is 0 Å². The molecule has 1 aromatic rings. The standard InChI is InChI=1S/C14H19N3O2/c1-4-9-15-13(18)11-7-6-8-12(17-11)14(19)16-10(3)5-2/h4,6-8,10H,1,5,9H2,2-3H3,(H,15,18)(H,16,19). The Balaban J connectivity index is 2.79. The van der Waals surface area contributed by atoms with Gasteiger partial charge in [0, 0.05) is 12.6 Å². The van der Waals surface area contributed by atoms with Crippen LogP contribution in [-0.2, 0) is 0 Å². The van der Waals surface area contributed by atoms with Crippen molar-refractivity contribution in [2.45, 2.75) is 26.3 Å². The van der Waals surface area contributed by atoms with Crippen molar-refractivity contribution in [3.8, 4) is 0 Å². The Morgan fingerprint density at radius 3 is 2.58 bits per heavy atom. The number of carbonyl (C=O) groups is 2. The third-order valence-corrected chi connectivity index (χ3v) is 2.61. The van der Waals surface area contributed by atoms with Crippen LogP contribution in [0.15, 0.2) is 30.9 Å². The van der Waals surface area contributed by atoms with Crippen molar-refractivity contribution in [3.05, 3.63) is 42.2 Å². The number of nitrogens with one attached hydrogen (secondary N) is 2. The molecule has 0 bridgehead atoms. The van der Waals surface area contributed by atoms with E-state index >= 15 is 0 Å². The summed E-state index contributed by atoms with van der Waals surface area (Å²) in [6.07, 6.45) is 2.42. The molecule has 5 heteroatoms. The van der Waals surface area contributed by atoms with Gasteiger partial charge in [0.05, 0.1) is 0 Å². The molecule has 0 spiro atoms. The summed E-state index contributed by atoms with van der Waals surface area (Å²) in [6, 6.07) is 4.87. The van der Waals surface area contributed by atoms with Crippen molar-refractivity contribution in [2.24, 2.45) is 0 Å². The van der Waals surface area contributed by atoms with Gasteiger partial charge in [0.2, 0.25) is 0 Å². The first-order valence-corrected chi connectivity index (χ1v) is 6.25. The Hall–Kier alpha value is -2.17. The number of carbonyl (C=O) groups excluding carboxylic acids is 2. The normalized spacial score (nSPS) is 11.5. The number of aromatic nitrogens is 1. The van der Waals surface area contributed by atoms with Crippen LogP contribution in [0.2, 0.25) is 0 Å². The lowest BCUT2D eigenvalue weighted by Gasteiger charge is -2.11. The lowest BCUT2D eigenvalue weighted by molar-refractivity contribution is 0.0933. The summed E-state index contributed by atoms with van der Waals surface area (Å²) in [6.45, 7) is 7.78. The summed E-state index contributed by atoms with van der Waals surface area (Å²) >= 11 is 0. The van der Waals surface area contributed by atoms with Crippen LogP contribution in [0.5, 0.6) is 0 Å². The molecule has 0 fully saturated rings. The molecule has 19 heavy (non-hydrogen) atoms. The minimum absolute atomic E-state index is 0.0764. The van der Waals surface area contributed by atoms with Crippen LogP contribution >= 0.6 is 0 Å². The Labute approximate surface area is 113 Å². The zero-order valence-electron chi connectivity index (χ0n) is 11.3. The number of hydrogen-bond acceptors (Lipinski definition) is 3. The molecule has 1 aromatic heterocycles. The molecule has 1 rings (SSSR count). The predicted octanol–water partition coefficient (Wildman–Crippen LogP) is 1.53. The molecule has 2 N–H and O–H groups in total. The fourth-order valence-corrected chi connectivity index (χ4v) is 1.34. The van der Waals surface area contributed by atoms with Gasteiger partial charge in [-0.3, -0.25) is 9.59 Å². The van der Waals surface area contributed by atoms with Crippen molar-refractivity contribution in [1.29, 1.82) is 0 Å². The van der Waals surface area contributed by atoms with Gasteiger partial charge in [0.15, 0.2) is 0 Å². The predicted molar refractivity (Wildman–Crippen MR) is 74.0 cm³/mol. The monoisotopic (exact) mass is 261 g/mol. The van der Waals surface area contributed by atoms with E-state index in [-0.39, 0.29) is 29.2 Å². The van der Waals surface area contributed by atoms with Crippen molar-refractivity contribution in [2.75, 3.05) is 6.54 Å². The van der Waals surface area contributed by atoms with Crippen LogP contribution in [-0.4, -0.2) is 29.4 Å².